The highest BCUT2D eigenvalue weighted by Crippen LogP contribution is 1.94. The van der Waals surface area contributed by atoms with Crippen molar-refractivity contribution in [2.45, 2.75) is 19.3 Å². The Bertz CT molecular complexity index is 250. The molecule has 0 aromatic carbocycles. The lowest BCUT2D eigenvalue weighted by Gasteiger charge is -2.10. The van der Waals surface area contributed by atoms with Crippen LogP contribution in [0.4, 0.5) is 0 Å². The predicted octanol–water partition coefficient (Wildman–Crippen LogP) is -0.554. The van der Waals surface area contributed by atoms with Gasteiger partial charge >= 0.3 is 5.97 Å². The molecule has 0 aromatic rings. The number of likely N-dealkylation sites (N-methyl/N-ethyl adjacent to an activating group) is 1. The van der Waals surface area contributed by atoms with E-state index in [0.717, 1.165) is 0 Å². The first kappa shape index (κ1) is 13.4. The summed E-state index contributed by atoms with van der Waals surface area (Å²) in [6.45, 7) is -0.0428. The number of carbonyl (C=O) groups is 3. The van der Waals surface area contributed by atoms with Crippen LogP contribution >= 0.6 is 0 Å². The Kier molecular flexibility index (Phi) is 6.08. The monoisotopic (exact) mass is 216 g/mol. The molecule has 0 saturated carbocycles. The van der Waals surface area contributed by atoms with Crippen LogP contribution in [0.25, 0.3) is 0 Å². The zero-order chi connectivity index (χ0) is 11.8. The minimum absolute atomic E-state index is 0.0327. The molecule has 0 aliphatic rings. The van der Waals surface area contributed by atoms with Crippen molar-refractivity contribution in [1.82, 2.24) is 10.2 Å². The largest absolute Gasteiger partial charge is 0.481 e. The number of aliphatic carboxylic acids is 1. The Morgan fingerprint density at radius 3 is 2.27 bits per heavy atom. The van der Waals surface area contributed by atoms with E-state index < -0.39 is 5.97 Å². The summed E-state index contributed by atoms with van der Waals surface area (Å²) >= 11 is 0. The van der Waals surface area contributed by atoms with Crippen LogP contribution < -0.4 is 5.32 Å². The number of rotatable bonds is 6. The van der Waals surface area contributed by atoms with E-state index in [1.807, 2.05) is 0 Å². The molecule has 0 heterocycles. The number of carboxylic acids is 1. The second-order valence-electron chi connectivity index (χ2n) is 3.31. The van der Waals surface area contributed by atoms with Gasteiger partial charge in [0.2, 0.25) is 11.8 Å². The average Bonchev–Trinajstić information content (AvgIpc) is 2.13. The second kappa shape index (κ2) is 6.80. The van der Waals surface area contributed by atoms with Crippen molar-refractivity contribution in [3.8, 4) is 0 Å². The minimum atomic E-state index is -0.924. The fourth-order valence-electron chi connectivity index (χ4n) is 0.821. The first-order valence-corrected chi connectivity index (χ1v) is 4.62. The maximum atomic E-state index is 11.1. The molecule has 2 amide bonds. The first-order chi connectivity index (χ1) is 6.93. The maximum absolute atomic E-state index is 11.1. The zero-order valence-electron chi connectivity index (χ0n) is 8.95. The van der Waals surface area contributed by atoms with Crippen molar-refractivity contribution < 1.29 is 19.5 Å². The lowest BCUT2D eigenvalue weighted by atomic mass is 10.2. The van der Waals surface area contributed by atoms with Gasteiger partial charge < -0.3 is 15.3 Å². The molecule has 0 spiro atoms. The molecular formula is C9H16N2O4. The summed E-state index contributed by atoms with van der Waals surface area (Å²) in [6, 6.07) is 0. The highest BCUT2D eigenvalue weighted by atomic mass is 16.4. The van der Waals surface area contributed by atoms with Gasteiger partial charge in [0.05, 0.1) is 6.54 Å². The SMILES string of the molecule is CN(C)C(=O)CNC(=O)CCCC(=O)O. The second-order valence-corrected chi connectivity index (χ2v) is 3.31. The third kappa shape index (κ3) is 7.48. The molecule has 0 rings (SSSR count). The lowest BCUT2D eigenvalue weighted by Crippen LogP contribution is -2.36. The van der Waals surface area contributed by atoms with Gasteiger partial charge in [-0.15, -0.1) is 0 Å². The number of nitrogens with zero attached hydrogens (tertiary/aromatic N) is 1. The van der Waals surface area contributed by atoms with E-state index in [1.165, 1.54) is 4.90 Å². The third-order valence-electron chi connectivity index (χ3n) is 1.73. The van der Waals surface area contributed by atoms with Gasteiger partial charge in [-0.1, -0.05) is 0 Å². The summed E-state index contributed by atoms with van der Waals surface area (Å²) in [6.07, 6.45) is 0.388. The molecule has 15 heavy (non-hydrogen) atoms. The number of carbonyl (C=O) groups excluding carboxylic acids is 2. The molecule has 6 nitrogen and oxygen atoms in total. The molecular weight excluding hydrogens is 200 g/mol. The van der Waals surface area contributed by atoms with Crippen molar-refractivity contribution in [2.24, 2.45) is 0 Å². The summed E-state index contributed by atoms with van der Waals surface area (Å²) in [7, 11) is 3.19. The summed E-state index contributed by atoms with van der Waals surface area (Å²) in [4.78, 5) is 33.6. The van der Waals surface area contributed by atoms with Gasteiger partial charge in [0.25, 0.3) is 0 Å². The van der Waals surface area contributed by atoms with E-state index in [4.69, 9.17) is 5.11 Å². The lowest BCUT2D eigenvalue weighted by molar-refractivity contribution is -0.137. The standard InChI is InChI=1S/C9H16N2O4/c1-11(2)8(13)6-10-7(12)4-3-5-9(14)15/h3-6H2,1-2H3,(H,10,12)(H,14,15). The van der Waals surface area contributed by atoms with Gasteiger partial charge in [-0.05, 0) is 6.42 Å². The topological polar surface area (TPSA) is 86.7 Å². The van der Waals surface area contributed by atoms with Gasteiger partial charge in [-0.25, -0.2) is 0 Å². The normalized spacial score (nSPS) is 9.47. The van der Waals surface area contributed by atoms with Crippen LogP contribution in [0.15, 0.2) is 0 Å². The van der Waals surface area contributed by atoms with Crippen LogP contribution in [0.3, 0.4) is 0 Å². The first-order valence-electron chi connectivity index (χ1n) is 4.62. The predicted molar refractivity (Wildman–Crippen MR) is 53.2 cm³/mol. The number of hydrogen-bond donors (Lipinski definition) is 2. The molecule has 0 unspecified atom stereocenters. The van der Waals surface area contributed by atoms with E-state index in [9.17, 15) is 14.4 Å². The third-order valence-corrected chi connectivity index (χ3v) is 1.73. The van der Waals surface area contributed by atoms with Crippen LogP contribution in [0.2, 0.25) is 0 Å². The molecule has 0 aliphatic heterocycles. The molecule has 2 N–H and O–H groups in total. The Hall–Kier alpha value is -1.59. The van der Waals surface area contributed by atoms with E-state index in [2.05, 4.69) is 5.32 Å². The van der Waals surface area contributed by atoms with Gasteiger partial charge in [0, 0.05) is 26.9 Å². The van der Waals surface area contributed by atoms with Gasteiger partial charge in [-0.3, -0.25) is 14.4 Å². The Morgan fingerprint density at radius 1 is 1.20 bits per heavy atom. The fourth-order valence-corrected chi connectivity index (χ4v) is 0.821. The Morgan fingerprint density at radius 2 is 1.80 bits per heavy atom. The van der Waals surface area contributed by atoms with Crippen molar-refractivity contribution in [1.29, 1.82) is 0 Å². The summed E-state index contributed by atoms with van der Waals surface area (Å²) in [5, 5.41) is 10.7. The Labute approximate surface area is 88.2 Å². The van der Waals surface area contributed by atoms with Gasteiger partial charge in [0.1, 0.15) is 0 Å². The zero-order valence-corrected chi connectivity index (χ0v) is 8.95. The van der Waals surface area contributed by atoms with Crippen LogP contribution in [0.5, 0.6) is 0 Å². The number of carboxylic acid groups (broad SMARTS) is 1. The summed E-state index contributed by atoms with van der Waals surface area (Å²) in [5.74, 6) is -1.42. The van der Waals surface area contributed by atoms with E-state index in [1.54, 1.807) is 14.1 Å². The molecule has 0 radical (unpaired) electrons. The van der Waals surface area contributed by atoms with Crippen molar-refractivity contribution in [3.63, 3.8) is 0 Å². The highest BCUT2D eigenvalue weighted by molar-refractivity contribution is 5.84. The van der Waals surface area contributed by atoms with Gasteiger partial charge in [0.15, 0.2) is 0 Å². The molecule has 0 fully saturated rings. The van der Waals surface area contributed by atoms with Crippen molar-refractivity contribution in [3.05, 3.63) is 0 Å². The van der Waals surface area contributed by atoms with Gasteiger partial charge in [-0.2, -0.15) is 0 Å². The van der Waals surface area contributed by atoms with Crippen LogP contribution in [0, 0.1) is 0 Å². The van der Waals surface area contributed by atoms with Crippen molar-refractivity contribution in [2.75, 3.05) is 20.6 Å². The minimum Gasteiger partial charge on any atom is -0.481 e. The van der Waals surface area contributed by atoms with Crippen molar-refractivity contribution >= 4 is 17.8 Å². The maximum Gasteiger partial charge on any atom is 0.303 e. The molecule has 0 atom stereocenters. The quantitative estimate of drug-likeness (QED) is 0.623. The average molecular weight is 216 g/mol. The van der Waals surface area contributed by atoms with Crippen LogP contribution in [-0.4, -0.2) is 48.4 Å². The van der Waals surface area contributed by atoms with Crippen LogP contribution in [0.1, 0.15) is 19.3 Å². The number of amides is 2. The number of nitrogens with one attached hydrogen (secondary N) is 1. The van der Waals surface area contributed by atoms with E-state index in [-0.39, 0.29) is 37.6 Å². The smallest absolute Gasteiger partial charge is 0.303 e. The number of hydrogen-bond acceptors (Lipinski definition) is 3. The highest BCUT2D eigenvalue weighted by Gasteiger charge is 2.07. The molecule has 6 heteroatoms. The van der Waals surface area contributed by atoms with Crippen LogP contribution in [-0.2, 0) is 14.4 Å². The van der Waals surface area contributed by atoms with E-state index >= 15 is 0 Å². The molecule has 86 valence electrons. The molecule has 0 bridgehead atoms. The molecule has 0 aromatic heterocycles. The summed E-state index contributed by atoms with van der Waals surface area (Å²) in [5.41, 5.74) is 0. The fraction of sp³-hybridized carbons (Fsp3) is 0.667. The molecule has 0 aliphatic carbocycles. The Balaban J connectivity index is 3.58. The summed E-state index contributed by atoms with van der Waals surface area (Å²) < 4.78 is 0. The van der Waals surface area contributed by atoms with E-state index in [0.29, 0.717) is 0 Å². The molecule has 0 saturated heterocycles.